The van der Waals surface area contributed by atoms with Crippen LogP contribution in [0.4, 0.5) is 5.69 Å². The first-order chi connectivity index (χ1) is 8.74. The molecule has 0 aliphatic rings. The van der Waals surface area contributed by atoms with Crippen LogP contribution < -0.4 is 14.8 Å². The van der Waals surface area contributed by atoms with Gasteiger partial charge in [0, 0.05) is 6.07 Å². The van der Waals surface area contributed by atoms with E-state index >= 15 is 0 Å². The third-order valence-corrected chi connectivity index (χ3v) is 3.74. The normalized spacial score (nSPS) is 9.89. The van der Waals surface area contributed by atoms with E-state index in [9.17, 15) is 0 Å². The van der Waals surface area contributed by atoms with E-state index < -0.39 is 0 Å². The lowest BCUT2D eigenvalue weighted by atomic mass is 10.2. The van der Waals surface area contributed by atoms with Gasteiger partial charge in [-0.1, -0.05) is 18.3 Å². The van der Waals surface area contributed by atoms with Gasteiger partial charge in [0.25, 0.3) is 0 Å². The molecule has 18 heavy (non-hydrogen) atoms. The van der Waals surface area contributed by atoms with Crippen LogP contribution in [-0.2, 0) is 0 Å². The van der Waals surface area contributed by atoms with Crippen LogP contribution in [0.25, 0.3) is 0 Å². The summed E-state index contributed by atoms with van der Waals surface area (Å²) in [5.74, 6) is 1.49. The average Bonchev–Trinajstić information content (AvgIpc) is 2.92. The molecule has 2 rings (SSSR count). The molecule has 0 unspecified atom stereocenters. The van der Waals surface area contributed by atoms with Gasteiger partial charge < -0.3 is 14.8 Å². The molecule has 0 atom stereocenters. The second-order valence-corrected chi connectivity index (χ2v) is 4.85. The molecule has 0 spiro atoms. The number of hydrogen-bond donors (Lipinski definition) is 1. The van der Waals surface area contributed by atoms with E-state index in [1.807, 2.05) is 35.7 Å². The highest BCUT2D eigenvalue weighted by Gasteiger charge is 2.08. The zero-order valence-corrected chi connectivity index (χ0v) is 11.7. The summed E-state index contributed by atoms with van der Waals surface area (Å²) in [4.78, 5) is 1.70. The Bertz CT molecular complexity index is 538. The van der Waals surface area contributed by atoms with Crippen molar-refractivity contribution in [2.75, 3.05) is 19.5 Å². The molecule has 1 heterocycles. The highest BCUT2D eigenvalue weighted by molar-refractivity contribution is 7.81. The third kappa shape index (κ3) is 2.80. The zero-order valence-electron chi connectivity index (χ0n) is 10.1. The van der Waals surface area contributed by atoms with Gasteiger partial charge in [0.05, 0.1) is 24.8 Å². The molecule has 0 amide bonds. The summed E-state index contributed by atoms with van der Waals surface area (Å²) in [6.45, 7) is 0. The van der Waals surface area contributed by atoms with E-state index in [1.54, 1.807) is 25.6 Å². The second-order valence-electron chi connectivity index (χ2n) is 3.50. The second kappa shape index (κ2) is 5.84. The molecule has 1 aromatic carbocycles. The minimum atomic E-state index is 0.677. The average molecular weight is 279 g/mol. The lowest BCUT2D eigenvalue weighted by Gasteiger charge is -2.12. The van der Waals surface area contributed by atoms with Crippen molar-refractivity contribution < 1.29 is 9.47 Å². The van der Waals surface area contributed by atoms with Gasteiger partial charge in [-0.2, -0.15) is 0 Å². The smallest absolute Gasteiger partial charge is 0.142 e. The number of anilines is 1. The lowest BCUT2D eigenvalue weighted by Crippen LogP contribution is -2.09. The third-order valence-electron chi connectivity index (χ3n) is 2.40. The van der Waals surface area contributed by atoms with Crippen LogP contribution >= 0.6 is 23.6 Å². The van der Waals surface area contributed by atoms with Crippen LogP contribution in [0.3, 0.4) is 0 Å². The Morgan fingerprint density at radius 3 is 2.67 bits per heavy atom. The molecule has 5 heteroatoms. The summed E-state index contributed by atoms with van der Waals surface area (Å²) in [6, 6.07) is 9.50. The fourth-order valence-electron chi connectivity index (χ4n) is 1.50. The Labute approximate surface area is 115 Å². The van der Waals surface area contributed by atoms with Crippen LogP contribution in [0.15, 0.2) is 35.7 Å². The van der Waals surface area contributed by atoms with E-state index in [0.717, 1.165) is 22.1 Å². The van der Waals surface area contributed by atoms with Crippen LogP contribution in [0.1, 0.15) is 4.88 Å². The van der Waals surface area contributed by atoms with E-state index in [2.05, 4.69) is 5.32 Å². The standard InChI is InChI=1S/C13H13NO2S2/c1-15-9-5-6-11(16-2)10(8-9)14-13(17)12-4-3-7-18-12/h3-8H,1-2H3,(H,14,17). The number of nitrogens with one attached hydrogen (secondary N) is 1. The lowest BCUT2D eigenvalue weighted by molar-refractivity contribution is 0.405. The summed E-state index contributed by atoms with van der Waals surface area (Å²) in [6.07, 6.45) is 0. The van der Waals surface area contributed by atoms with Crippen molar-refractivity contribution in [1.82, 2.24) is 0 Å². The van der Waals surface area contributed by atoms with Crippen LogP contribution in [0, 0.1) is 0 Å². The quantitative estimate of drug-likeness (QED) is 0.867. The molecule has 0 aliphatic carbocycles. The largest absolute Gasteiger partial charge is 0.497 e. The molecule has 94 valence electrons. The zero-order chi connectivity index (χ0) is 13.0. The maximum Gasteiger partial charge on any atom is 0.142 e. The molecule has 0 saturated heterocycles. The molecule has 0 aliphatic heterocycles. The Morgan fingerprint density at radius 2 is 2.06 bits per heavy atom. The number of hydrogen-bond acceptors (Lipinski definition) is 4. The molecule has 0 fully saturated rings. The minimum Gasteiger partial charge on any atom is -0.497 e. The van der Waals surface area contributed by atoms with E-state index in [0.29, 0.717) is 4.99 Å². The van der Waals surface area contributed by atoms with Gasteiger partial charge in [0.15, 0.2) is 0 Å². The van der Waals surface area contributed by atoms with Crippen molar-refractivity contribution in [3.05, 3.63) is 40.6 Å². The van der Waals surface area contributed by atoms with E-state index in [-0.39, 0.29) is 0 Å². The summed E-state index contributed by atoms with van der Waals surface area (Å²) in [5, 5.41) is 5.17. The van der Waals surface area contributed by atoms with Gasteiger partial charge in [-0.3, -0.25) is 0 Å². The summed E-state index contributed by atoms with van der Waals surface area (Å²) in [5.41, 5.74) is 0.801. The number of thiophene rings is 1. The molecule has 1 N–H and O–H groups in total. The van der Waals surface area contributed by atoms with Gasteiger partial charge in [-0.05, 0) is 23.6 Å². The first kappa shape index (κ1) is 12.9. The molecule has 2 aromatic rings. The number of ether oxygens (including phenoxy) is 2. The molecular weight excluding hydrogens is 266 g/mol. The van der Waals surface area contributed by atoms with Crippen LogP contribution in [0.2, 0.25) is 0 Å². The SMILES string of the molecule is COc1ccc(OC)c(NC(=S)c2cccs2)c1. The minimum absolute atomic E-state index is 0.677. The van der Waals surface area contributed by atoms with E-state index in [1.165, 1.54) is 0 Å². The Morgan fingerprint density at radius 1 is 1.22 bits per heavy atom. The topological polar surface area (TPSA) is 30.5 Å². The van der Waals surface area contributed by atoms with Crippen molar-refractivity contribution in [1.29, 1.82) is 0 Å². The van der Waals surface area contributed by atoms with Crippen molar-refractivity contribution in [2.45, 2.75) is 0 Å². The molecule has 1 aromatic heterocycles. The van der Waals surface area contributed by atoms with Gasteiger partial charge in [0.2, 0.25) is 0 Å². The number of rotatable bonds is 4. The van der Waals surface area contributed by atoms with Gasteiger partial charge in [-0.15, -0.1) is 11.3 Å². The fourth-order valence-corrected chi connectivity index (χ4v) is 2.44. The maximum absolute atomic E-state index is 5.35. The van der Waals surface area contributed by atoms with Gasteiger partial charge >= 0.3 is 0 Å². The monoisotopic (exact) mass is 279 g/mol. The number of thiocarbonyl (C=S) groups is 1. The number of methoxy groups -OCH3 is 2. The van der Waals surface area contributed by atoms with Crippen LogP contribution in [0.5, 0.6) is 11.5 Å². The highest BCUT2D eigenvalue weighted by atomic mass is 32.1. The van der Waals surface area contributed by atoms with Crippen LogP contribution in [-0.4, -0.2) is 19.2 Å². The Hall–Kier alpha value is -1.59. The molecule has 3 nitrogen and oxygen atoms in total. The van der Waals surface area contributed by atoms with Crippen molar-refractivity contribution in [3.8, 4) is 11.5 Å². The van der Waals surface area contributed by atoms with Crippen molar-refractivity contribution >= 4 is 34.2 Å². The van der Waals surface area contributed by atoms with Gasteiger partial charge in [0.1, 0.15) is 16.5 Å². The van der Waals surface area contributed by atoms with Crippen molar-refractivity contribution in [3.63, 3.8) is 0 Å². The first-order valence-electron chi connectivity index (χ1n) is 5.31. The predicted molar refractivity (Wildman–Crippen MR) is 79.2 cm³/mol. The molecule has 0 saturated carbocycles. The molecule has 0 radical (unpaired) electrons. The van der Waals surface area contributed by atoms with Crippen molar-refractivity contribution in [2.24, 2.45) is 0 Å². The Balaban J connectivity index is 2.24. The highest BCUT2D eigenvalue weighted by Crippen LogP contribution is 2.29. The van der Waals surface area contributed by atoms with E-state index in [4.69, 9.17) is 21.7 Å². The molecule has 0 bridgehead atoms. The number of benzene rings is 1. The summed E-state index contributed by atoms with van der Waals surface area (Å²) >= 11 is 6.94. The summed E-state index contributed by atoms with van der Waals surface area (Å²) < 4.78 is 10.5. The maximum atomic E-state index is 5.35. The molecular formula is C13H13NO2S2. The van der Waals surface area contributed by atoms with Gasteiger partial charge in [-0.25, -0.2) is 0 Å². The first-order valence-corrected chi connectivity index (χ1v) is 6.60. The fraction of sp³-hybridized carbons (Fsp3) is 0.154. The Kier molecular flexibility index (Phi) is 4.17. The predicted octanol–water partition coefficient (Wildman–Crippen LogP) is 3.55. The summed E-state index contributed by atoms with van der Waals surface area (Å²) in [7, 11) is 3.25.